The van der Waals surface area contributed by atoms with E-state index < -0.39 is 22.4 Å². The molecule has 0 fully saturated rings. The van der Waals surface area contributed by atoms with Gasteiger partial charge in [0.15, 0.2) is 5.08 Å². The third-order valence-corrected chi connectivity index (χ3v) is 9.72. The minimum absolute atomic E-state index is 0.00851. The van der Waals surface area contributed by atoms with E-state index in [1.807, 2.05) is 0 Å². The van der Waals surface area contributed by atoms with Crippen LogP contribution in [0.5, 0.6) is 0 Å². The molecule has 0 rings (SSSR count). The van der Waals surface area contributed by atoms with Crippen molar-refractivity contribution in [1.29, 1.82) is 0 Å². The van der Waals surface area contributed by atoms with Gasteiger partial charge in [-0.2, -0.15) is 0 Å². The van der Waals surface area contributed by atoms with E-state index in [1.54, 1.807) is 0 Å². The fourth-order valence-corrected chi connectivity index (χ4v) is 7.21. The molecule has 0 bridgehead atoms. The minimum atomic E-state index is -1.23. The normalized spacial score (nSPS) is 13.5. The summed E-state index contributed by atoms with van der Waals surface area (Å²) in [6, 6.07) is 0. The Kier molecular flexibility index (Phi) is 26.1. The standard InChI is InChI=1S/C16H30N4O6S7/c21-3-1-5-30-15(23)19-9-28-8-18-12-33(26)14-29-13-31-16(24)20-10-27-7-17-11-32(25)6-2-4-22/h11-12,21-22H,1-10,13-14H2,(H,19,23)(H,20,24)/b17-11+,18-12+. The van der Waals surface area contributed by atoms with Gasteiger partial charge in [0.1, 0.15) is 5.75 Å². The molecule has 2 unspecified atom stereocenters. The average Bonchev–Trinajstić information content (AvgIpc) is 2.80. The lowest BCUT2D eigenvalue weighted by Crippen LogP contribution is -2.18. The van der Waals surface area contributed by atoms with Gasteiger partial charge in [0.2, 0.25) is 11.1 Å². The molecule has 2 atom stereocenters. The van der Waals surface area contributed by atoms with Gasteiger partial charge < -0.3 is 30.0 Å². The second-order valence-electron chi connectivity index (χ2n) is 5.51. The lowest BCUT2D eigenvalue weighted by Gasteiger charge is -2.06. The zero-order valence-corrected chi connectivity index (χ0v) is 23.6. The van der Waals surface area contributed by atoms with Crippen LogP contribution in [0.2, 0.25) is 0 Å². The maximum absolute atomic E-state index is 11.8. The second-order valence-corrected chi connectivity index (χ2v) is 13.8. The van der Waals surface area contributed by atoms with Crippen LogP contribution in [0.25, 0.3) is 0 Å². The third-order valence-electron chi connectivity index (χ3n) is 2.87. The van der Waals surface area contributed by atoms with Crippen LogP contribution in [0.1, 0.15) is 12.8 Å². The number of aliphatic imine (C=N–C) groups is 2. The molecule has 0 aromatic carbocycles. The topological polar surface area (TPSA) is 169 Å². The fraction of sp³-hybridized carbons (Fsp3) is 0.750. The van der Waals surface area contributed by atoms with Crippen LogP contribution in [0.3, 0.4) is 0 Å². The molecular weight excluding hydrogens is 569 g/mol. The van der Waals surface area contributed by atoms with E-state index in [2.05, 4.69) is 20.6 Å². The first-order valence-corrected chi connectivity index (χ1v) is 17.7. The lowest BCUT2D eigenvalue weighted by molar-refractivity contribution is 0.261. The quantitative estimate of drug-likeness (QED) is 0.0532. The van der Waals surface area contributed by atoms with Gasteiger partial charge in [-0.15, -0.1) is 23.5 Å². The number of aliphatic hydroxyl groups excluding tert-OH is 2. The van der Waals surface area contributed by atoms with Crippen molar-refractivity contribution in [3.63, 3.8) is 0 Å². The molecule has 192 valence electrons. The molecular formula is C16H30N4O6S7. The van der Waals surface area contributed by atoms with Crippen LogP contribution in [-0.4, -0.2) is 99.3 Å². The zero-order valence-electron chi connectivity index (χ0n) is 17.9. The molecule has 0 aliphatic rings. The number of hydrogen-bond donors (Lipinski definition) is 4. The van der Waals surface area contributed by atoms with Gasteiger partial charge in [-0.3, -0.25) is 9.59 Å². The average molecular weight is 599 g/mol. The van der Waals surface area contributed by atoms with Crippen LogP contribution in [0, 0.1) is 0 Å². The van der Waals surface area contributed by atoms with Crippen molar-refractivity contribution in [1.82, 2.24) is 10.6 Å². The Labute approximate surface area is 222 Å². The van der Waals surface area contributed by atoms with E-state index in [-0.39, 0.29) is 23.7 Å². The number of aliphatic hydroxyl groups is 2. The third kappa shape index (κ3) is 25.5. The van der Waals surface area contributed by atoms with Gasteiger partial charge in [0.25, 0.3) is 10.5 Å². The summed E-state index contributed by atoms with van der Waals surface area (Å²) in [6.45, 7) is 0.0779. The number of carbonyl (C=O) groups excluding carboxylic acids is 2. The Balaban J connectivity index is 3.57. The summed E-state index contributed by atoms with van der Waals surface area (Å²) in [5.41, 5.74) is 2.73. The summed E-state index contributed by atoms with van der Waals surface area (Å²) in [6.07, 6.45) is 1.06. The van der Waals surface area contributed by atoms with Crippen LogP contribution >= 0.6 is 58.8 Å². The Morgan fingerprint density at radius 1 is 0.848 bits per heavy atom. The van der Waals surface area contributed by atoms with E-state index in [9.17, 15) is 18.7 Å². The molecule has 0 aromatic heterocycles. The molecule has 0 aromatic rings. The maximum Gasteiger partial charge on any atom is 0.280 e. The molecule has 2 amide bonds. The molecule has 0 saturated heterocycles. The van der Waals surface area contributed by atoms with E-state index >= 15 is 0 Å². The van der Waals surface area contributed by atoms with Crippen molar-refractivity contribution in [3.8, 4) is 0 Å². The van der Waals surface area contributed by atoms with Crippen LogP contribution in [0.4, 0.5) is 9.59 Å². The molecule has 4 N–H and O–H groups in total. The molecule has 0 radical (unpaired) electrons. The highest BCUT2D eigenvalue weighted by Crippen LogP contribution is 2.15. The molecule has 33 heavy (non-hydrogen) atoms. The van der Waals surface area contributed by atoms with E-state index in [1.165, 1.54) is 46.4 Å². The summed E-state index contributed by atoms with van der Waals surface area (Å²) in [7, 11) is 0. The van der Waals surface area contributed by atoms with Gasteiger partial charge >= 0.3 is 0 Å². The highest BCUT2D eigenvalue weighted by atomic mass is 32.3. The highest BCUT2D eigenvalue weighted by Gasteiger charge is 2.06. The molecule has 10 nitrogen and oxygen atoms in total. The summed E-state index contributed by atoms with van der Waals surface area (Å²) in [5.74, 6) is 2.52. The maximum atomic E-state index is 11.8. The number of amides is 2. The predicted molar refractivity (Wildman–Crippen MR) is 151 cm³/mol. The van der Waals surface area contributed by atoms with Gasteiger partial charge in [0, 0.05) is 36.6 Å². The van der Waals surface area contributed by atoms with E-state index in [4.69, 9.17) is 10.2 Å². The summed E-state index contributed by atoms with van der Waals surface area (Å²) in [4.78, 5) is 31.2. The summed E-state index contributed by atoms with van der Waals surface area (Å²) in [5, 5.41) is 23.2. The first-order valence-electron chi connectivity index (χ1n) is 9.50. The summed E-state index contributed by atoms with van der Waals surface area (Å²) >= 11 is 3.95. The van der Waals surface area contributed by atoms with Crippen LogP contribution in [-0.2, 0) is 22.4 Å². The molecule has 0 saturated carbocycles. The number of carbonyl (C=O) groups is 2. The monoisotopic (exact) mass is 598 g/mol. The molecule has 0 spiro atoms. The van der Waals surface area contributed by atoms with Crippen molar-refractivity contribution in [2.24, 2.45) is 9.98 Å². The van der Waals surface area contributed by atoms with E-state index in [0.717, 1.165) is 23.5 Å². The first-order chi connectivity index (χ1) is 16.0. The Morgan fingerprint density at radius 3 is 2.03 bits per heavy atom. The second kappa shape index (κ2) is 25.7. The molecule has 0 aliphatic carbocycles. The SMILES string of the molecule is O=C(NCSC/N=C/[S+]([O-])CSCSC(=O)NCSC/N=C/[S+]([O-])CCCO)SCCCO. The predicted octanol–water partition coefficient (Wildman–Crippen LogP) is 2.14. The zero-order chi connectivity index (χ0) is 24.6. The van der Waals surface area contributed by atoms with E-state index in [0.29, 0.717) is 58.0 Å². The Morgan fingerprint density at radius 2 is 1.42 bits per heavy atom. The van der Waals surface area contributed by atoms with Crippen molar-refractivity contribution in [2.75, 3.05) is 58.4 Å². The highest BCUT2D eigenvalue weighted by molar-refractivity contribution is 8.27. The number of rotatable bonds is 20. The smallest absolute Gasteiger partial charge is 0.280 e. The van der Waals surface area contributed by atoms with Gasteiger partial charge in [-0.25, -0.2) is 9.98 Å². The number of thioether (sulfide) groups is 5. The first kappa shape index (κ1) is 33.6. The van der Waals surface area contributed by atoms with Crippen LogP contribution in [0.15, 0.2) is 9.98 Å². The van der Waals surface area contributed by atoms with Gasteiger partial charge in [-0.1, -0.05) is 35.3 Å². The van der Waals surface area contributed by atoms with Crippen molar-refractivity contribution < 1.29 is 28.9 Å². The van der Waals surface area contributed by atoms with Crippen LogP contribution < -0.4 is 10.6 Å². The lowest BCUT2D eigenvalue weighted by atomic mass is 10.5. The fourth-order valence-electron chi connectivity index (χ4n) is 1.48. The molecule has 0 heterocycles. The van der Waals surface area contributed by atoms with Crippen molar-refractivity contribution >= 4 is 103 Å². The largest absolute Gasteiger partial charge is 0.611 e. The number of nitrogens with one attached hydrogen (secondary N) is 2. The number of hydrogen-bond acceptors (Lipinski definition) is 13. The molecule has 0 aliphatic heterocycles. The minimum Gasteiger partial charge on any atom is -0.611 e. The Hall–Kier alpha value is 0.570. The van der Waals surface area contributed by atoms with Crippen molar-refractivity contribution in [3.05, 3.63) is 0 Å². The van der Waals surface area contributed by atoms with Crippen molar-refractivity contribution in [2.45, 2.75) is 12.8 Å². The van der Waals surface area contributed by atoms with Gasteiger partial charge in [0.05, 0.1) is 28.6 Å². The molecule has 17 heteroatoms. The van der Waals surface area contributed by atoms with Gasteiger partial charge in [-0.05, 0) is 17.6 Å². The Bertz CT molecular complexity index is 565. The number of nitrogens with zero attached hydrogens (tertiary/aromatic N) is 2. The summed E-state index contributed by atoms with van der Waals surface area (Å²) < 4.78 is 23.2.